The van der Waals surface area contributed by atoms with Gasteiger partial charge < -0.3 is 14.5 Å². The van der Waals surface area contributed by atoms with Gasteiger partial charge >= 0.3 is 5.97 Å². The number of anilines is 1. The molecule has 6 heteroatoms. The minimum Gasteiger partial charge on any atom is -0.469 e. The second kappa shape index (κ2) is 6.91. The smallest absolute Gasteiger partial charge is 0.342 e. The third-order valence-corrected chi connectivity index (χ3v) is 3.27. The normalized spacial score (nSPS) is 11.6. The van der Waals surface area contributed by atoms with E-state index in [1.54, 1.807) is 31.2 Å². The highest BCUT2D eigenvalue weighted by atomic mass is 16.5. The summed E-state index contributed by atoms with van der Waals surface area (Å²) < 4.78 is 10.1. The van der Waals surface area contributed by atoms with E-state index in [1.807, 2.05) is 0 Å². The summed E-state index contributed by atoms with van der Waals surface area (Å²) in [5.41, 5.74) is 1.23. The first-order chi connectivity index (χ1) is 10.9. The van der Waals surface area contributed by atoms with E-state index in [0.29, 0.717) is 17.0 Å². The van der Waals surface area contributed by atoms with Crippen molar-refractivity contribution < 1.29 is 23.5 Å². The predicted molar refractivity (Wildman–Crippen MR) is 83.4 cm³/mol. The van der Waals surface area contributed by atoms with Crippen molar-refractivity contribution in [3.8, 4) is 0 Å². The Morgan fingerprint density at radius 2 is 1.96 bits per heavy atom. The van der Waals surface area contributed by atoms with Crippen molar-refractivity contribution in [2.45, 2.75) is 26.9 Å². The lowest BCUT2D eigenvalue weighted by Crippen LogP contribution is -2.30. The van der Waals surface area contributed by atoms with Gasteiger partial charge in [-0.3, -0.25) is 9.59 Å². The molecule has 0 spiro atoms. The number of esters is 1. The molecule has 0 radical (unpaired) electrons. The van der Waals surface area contributed by atoms with Crippen LogP contribution >= 0.6 is 0 Å². The van der Waals surface area contributed by atoms with Crippen LogP contribution in [0.2, 0.25) is 0 Å². The molecule has 0 aliphatic heterocycles. The third-order valence-electron chi connectivity index (χ3n) is 3.27. The zero-order chi connectivity index (χ0) is 17.0. The molecule has 23 heavy (non-hydrogen) atoms. The third kappa shape index (κ3) is 4.06. The average molecular weight is 315 g/mol. The number of ether oxygens (including phenoxy) is 1. The van der Waals surface area contributed by atoms with Gasteiger partial charge in [-0.25, -0.2) is 4.79 Å². The molecule has 0 bridgehead atoms. The lowest BCUT2D eigenvalue weighted by atomic mass is 10.1. The van der Waals surface area contributed by atoms with E-state index in [0.717, 1.165) is 0 Å². The number of amides is 1. The van der Waals surface area contributed by atoms with Gasteiger partial charge in [-0.05, 0) is 39.0 Å². The van der Waals surface area contributed by atoms with Gasteiger partial charge in [-0.2, -0.15) is 0 Å². The number of rotatable bonds is 5. The molecular formula is C17H17NO5. The lowest BCUT2D eigenvalue weighted by Gasteiger charge is -2.13. The Labute approximate surface area is 133 Å². The van der Waals surface area contributed by atoms with Crippen LogP contribution in [-0.4, -0.2) is 23.8 Å². The van der Waals surface area contributed by atoms with Crippen molar-refractivity contribution >= 4 is 23.3 Å². The molecule has 1 aromatic carbocycles. The predicted octanol–water partition coefficient (Wildman–Crippen LogP) is 2.97. The van der Waals surface area contributed by atoms with E-state index in [-0.39, 0.29) is 11.3 Å². The highest BCUT2D eigenvalue weighted by molar-refractivity contribution is 5.99. The van der Waals surface area contributed by atoms with Crippen LogP contribution in [0.3, 0.4) is 0 Å². The van der Waals surface area contributed by atoms with Crippen LogP contribution < -0.4 is 5.32 Å². The largest absolute Gasteiger partial charge is 0.469 e. The molecule has 2 aromatic rings. The van der Waals surface area contributed by atoms with Crippen molar-refractivity contribution in [2.24, 2.45) is 0 Å². The number of hydrogen-bond acceptors (Lipinski definition) is 5. The number of carbonyl (C=O) groups is 3. The topological polar surface area (TPSA) is 85.6 Å². The van der Waals surface area contributed by atoms with Gasteiger partial charge in [0.25, 0.3) is 5.91 Å². The maximum Gasteiger partial charge on any atom is 0.342 e. The SMILES string of the molecule is CC(=O)c1cccc(NC(=O)[C@H](C)OC(=O)c2ccoc2C)c1. The van der Waals surface area contributed by atoms with Crippen molar-refractivity contribution in [1.29, 1.82) is 0 Å². The van der Waals surface area contributed by atoms with Crippen LogP contribution in [0.4, 0.5) is 5.69 Å². The van der Waals surface area contributed by atoms with Crippen LogP contribution in [0, 0.1) is 6.92 Å². The van der Waals surface area contributed by atoms with Crippen LogP contribution in [-0.2, 0) is 9.53 Å². The molecule has 0 aliphatic rings. The quantitative estimate of drug-likeness (QED) is 0.677. The maximum atomic E-state index is 12.1. The molecule has 0 aliphatic carbocycles. The Morgan fingerprint density at radius 3 is 2.57 bits per heavy atom. The van der Waals surface area contributed by atoms with E-state index >= 15 is 0 Å². The number of benzene rings is 1. The van der Waals surface area contributed by atoms with Crippen LogP contribution in [0.15, 0.2) is 41.0 Å². The van der Waals surface area contributed by atoms with Gasteiger partial charge in [0, 0.05) is 11.3 Å². The van der Waals surface area contributed by atoms with Crippen LogP contribution in [0.25, 0.3) is 0 Å². The average Bonchev–Trinajstić information content (AvgIpc) is 2.93. The number of ketones is 1. The van der Waals surface area contributed by atoms with E-state index < -0.39 is 18.0 Å². The zero-order valence-corrected chi connectivity index (χ0v) is 13.1. The zero-order valence-electron chi connectivity index (χ0n) is 13.1. The first kappa shape index (κ1) is 16.5. The first-order valence-electron chi connectivity index (χ1n) is 7.05. The highest BCUT2D eigenvalue weighted by Gasteiger charge is 2.21. The molecule has 1 N–H and O–H groups in total. The molecule has 6 nitrogen and oxygen atoms in total. The highest BCUT2D eigenvalue weighted by Crippen LogP contribution is 2.14. The molecule has 2 rings (SSSR count). The fraction of sp³-hybridized carbons (Fsp3) is 0.235. The molecule has 0 unspecified atom stereocenters. The van der Waals surface area contributed by atoms with Crippen LogP contribution in [0.5, 0.6) is 0 Å². The standard InChI is InChI=1S/C17H17NO5/c1-10(19)13-5-4-6-14(9-13)18-16(20)12(3)23-17(21)15-7-8-22-11(15)2/h4-9,12H,1-3H3,(H,18,20)/t12-/m0/s1. The first-order valence-corrected chi connectivity index (χ1v) is 7.05. The van der Waals surface area contributed by atoms with Gasteiger partial charge in [0.05, 0.1) is 6.26 Å². The fourth-order valence-corrected chi connectivity index (χ4v) is 1.93. The Morgan fingerprint density at radius 1 is 1.22 bits per heavy atom. The summed E-state index contributed by atoms with van der Waals surface area (Å²) in [6.07, 6.45) is 0.391. The summed E-state index contributed by atoms with van der Waals surface area (Å²) in [5, 5.41) is 2.61. The number of hydrogen-bond donors (Lipinski definition) is 1. The molecule has 0 fully saturated rings. The van der Waals surface area contributed by atoms with Crippen molar-refractivity contribution in [2.75, 3.05) is 5.32 Å². The molecule has 1 aromatic heterocycles. The summed E-state index contributed by atoms with van der Waals surface area (Å²) in [5.74, 6) is -0.788. The molecule has 0 saturated carbocycles. The summed E-state index contributed by atoms with van der Waals surface area (Å²) in [6.45, 7) is 4.55. The van der Waals surface area contributed by atoms with Gasteiger partial charge in [-0.15, -0.1) is 0 Å². The number of nitrogens with one attached hydrogen (secondary N) is 1. The minimum atomic E-state index is -0.988. The van der Waals surface area contributed by atoms with E-state index in [4.69, 9.17) is 9.15 Å². The Balaban J connectivity index is 2.00. The van der Waals surface area contributed by atoms with Gasteiger partial charge in [0.15, 0.2) is 11.9 Å². The molecule has 0 saturated heterocycles. The summed E-state index contributed by atoms with van der Waals surface area (Å²) in [4.78, 5) is 35.4. The van der Waals surface area contributed by atoms with Gasteiger partial charge in [-0.1, -0.05) is 12.1 Å². The van der Waals surface area contributed by atoms with Crippen LogP contribution in [0.1, 0.15) is 40.3 Å². The summed E-state index contributed by atoms with van der Waals surface area (Å²) in [6, 6.07) is 8.02. The van der Waals surface area contributed by atoms with Gasteiger partial charge in [0.2, 0.25) is 0 Å². The van der Waals surface area contributed by atoms with E-state index in [2.05, 4.69) is 5.32 Å². The second-order valence-electron chi connectivity index (χ2n) is 5.06. The summed E-state index contributed by atoms with van der Waals surface area (Å²) >= 11 is 0. The Bertz CT molecular complexity index is 747. The molecule has 1 heterocycles. The molecular weight excluding hydrogens is 298 g/mol. The lowest BCUT2D eigenvalue weighted by molar-refractivity contribution is -0.123. The Hall–Kier alpha value is -2.89. The monoisotopic (exact) mass is 315 g/mol. The van der Waals surface area contributed by atoms with E-state index in [9.17, 15) is 14.4 Å². The van der Waals surface area contributed by atoms with Crippen molar-refractivity contribution in [3.05, 3.63) is 53.5 Å². The minimum absolute atomic E-state index is 0.101. The number of carbonyl (C=O) groups excluding carboxylic acids is 3. The molecule has 1 atom stereocenters. The number of aryl methyl sites for hydroxylation is 1. The number of furan rings is 1. The van der Waals surface area contributed by atoms with Crippen molar-refractivity contribution in [1.82, 2.24) is 0 Å². The number of Topliss-reactive ketones (excluding diaryl/α,β-unsaturated/α-hetero) is 1. The maximum absolute atomic E-state index is 12.1. The molecule has 120 valence electrons. The van der Waals surface area contributed by atoms with E-state index in [1.165, 1.54) is 26.2 Å². The summed E-state index contributed by atoms with van der Waals surface area (Å²) in [7, 11) is 0. The molecule has 1 amide bonds. The Kier molecular flexibility index (Phi) is 4.95. The van der Waals surface area contributed by atoms with Crippen molar-refractivity contribution in [3.63, 3.8) is 0 Å². The van der Waals surface area contributed by atoms with Gasteiger partial charge in [0.1, 0.15) is 11.3 Å². The fourth-order valence-electron chi connectivity index (χ4n) is 1.93. The second-order valence-corrected chi connectivity index (χ2v) is 5.06.